The third-order valence-corrected chi connectivity index (χ3v) is 5.26. The maximum absolute atomic E-state index is 12.7. The predicted molar refractivity (Wildman–Crippen MR) is 101 cm³/mol. The number of Topliss-reactive ketones (excluding diaryl/α,β-unsaturated/α-hetero) is 1. The summed E-state index contributed by atoms with van der Waals surface area (Å²) in [6.07, 6.45) is 6.60. The number of hydrogen-bond acceptors (Lipinski definition) is 2. The van der Waals surface area contributed by atoms with Gasteiger partial charge in [0.05, 0.1) is 0 Å². The number of carbonyl (C=O) groups is 1. The number of aromatic nitrogens is 1. The van der Waals surface area contributed by atoms with Crippen LogP contribution in [0.1, 0.15) is 62.0 Å². The first kappa shape index (κ1) is 17.2. The van der Waals surface area contributed by atoms with Gasteiger partial charge >= 0.3 is 0 Å². The summed E-state index contributed by atoms with van der Waals surface area (Å²) in [5.74, 6) is 0.320. The minimum absolute atomic E-state index is 0.0452. The molecule has 0 fully saturated rings. The lowest BCUT2D eigenvalue weighted by Gasteiger charge is -2.34. The molecular weight excluding hydrogens is 296 g/mol. The molecule has 0 saturated heterocycles. The molecule has 0 saturated carbocycles. The smallest absolute Gasteiger partial charge is 0.165 e. The summed E-state index contributed by atoms with van der Waals surface area (Å²) in [5.41, 5.74) is 4.77. The topological polar surface area (TPSA) is 36.1 Å². The molecule has 1 aromatic heterocycles. The average Bonchev–Trinajstić information content (AvgIpc) is 2.98. The molecule has 130 valence electrons. The van der Waals surface area contributed by atoms with E-state index in [1.165, 1.54) is 34.9 Å². The van der Waals surface area contributed by atoms with Crippen LogP contribution >= 0.6 is 0 Å². The highest BCUT2D eigenvalue weighted by atomic mass is 16.1. The van der Waals surface area contributed by atoms with Gasteiger partial charge in [0.25, 0.3) is 0 Å². The molecule has 0 unspecified atom stereocenters. The normalized spacial score (nSPS) is 17.2. The minimum Gasteiger partial charge on any atom is -0.361 e. The monoisotopic (exact) mass is 326 g/mol. The number of carbonyl (C=O) groups excluding carboxylic acids is 1. The molecule has 0 bridgehead atoms. The van der Waals surface area contributed by atoms with Crippen LogP contribution in [0.5, 0.6) is 0 Å². The number of H-pyrrole nitrogens is 1. The van der Waals surface area contributed by atoms with E-state index in [0.29, 0.717) is 6.04 Å². The highest BCUT2D eigenvalue weighted by Gasteiger charge is 2.29. The van der Waals surface area contributed by atoms with Gasteiger partial charge in [-0.15, -0.1) is 0 Å². The van der Waals surface area contributed by atoms with Crippen LogP contribution in [0.2, 0.25) is 0 Å². The first-order valence-corrected chi connectivity index (χ1v) is 9.46. The first-order chi connectivity index (χ1) is 11.6. The van der Waals surface area contributed by atoms with E-state index in [-0.39, 0.29) is 11.7 Å². The lowest BCUT2D eigenvalue weighted by molar-refractivity contribution is 0.0937. The van der Waals surface area contributed by atoms with Crippen molar-refractivity contribution in [3.05, 3.63) is 35.0 Å². The quantitative estimate of drug-likeness (QED) is 0.755. The fraction of sp³-hybridized carbons (Fsp3) is 0.571. The third-order valence-electron chi connectivity index (χ3n) is 5.26. The molecule has 1 N–H and O–H groups in total. The average molecular weight is 326 g/mol. The molecule has 3 nitrogen and oxygen atoms in total. The van der Waals surface area contributed by atoms with Gasteiger partial charge < -0.3 is 4.98 Å². The lowest BCUT2D eigenvalue weighted by Crippen LogP contribution is -2.41. The maximum Gasteiger partial charge on any atom is 0.165 e. The second kappa shape index (κ2) is 7.10. The Labute approximate surface area is 145 Å². The van der Waals surface area contributed by atoms with Crippen LogP contribution in [-0.4, -0.2) is 34.8 Å². The molecule has 1 atom stereocenters. The minimum atomic E-state index is 0.0452. The first-order valence-electron chi connectivity index (χ1n) is 9.46. The van der Waals surface area contributed by atoms with Crippen molar-refractivity contribution in [2.45, 2.75) is 59.4 Å². The number of nitrogens with one attached hydrogen (secondary N) is 1. The van der Waals surface area contributed by atoms with Crippen LogP contribution in [0.3, 0.4) is 0 Å². The SMILES string of the molecule is CCCN(CCC)[C@H]1Cc2c[nH]c3ccc(C(=O)C(C)C)c(c23)C1. The van der Waals surface area contributed by atoms with Crippen molar-refractivity contribution >= 4 is 16.7 Å². The Morgan fingerprint density at radius 1 is 1.21 bits per heavy atom. The predicted octanol–water partition coefficient (Wildman–Crippen LogP) is 4.60. The van der Waals surface area contributed by atoms with E-state index in [2.05, 4.69) is 36.0 Å². The Balaban J connectivity index is 2.03. The van der Waals surface area contributed by atoms with Gasteiger partial charge in [-0.2, -0.15) is 0 Å². The van der Waals surface area contributed by atoms with Crippen molar-refractivity contribution in [3.8, 4) is 0 Å². The fourth-order valence-corrected chi connectivity index (χ4v) is 4.16. The molecule has 0 aliphatic heterocycles. The van der Waals surface area contributed by atoms with E-state index in [1.54, 1.807) is 0 Å². The molecule has 1 aliphatic rings. The zero-order chi connectivity index (χ0) is 17.3. The van der Waals surface area contributed by atoms with Gasteiger partial charge in [-0.25, -0.2) is 0 Å². The Hall–Kier alpha value is -1.61. The fourth-order valence-electron chi connectivity index (χ4n) is 4.16. The summed E-state index contributed by atoms with van der Waals surface area (Å²) < 4.78 is 0. The molecule has 3 heteroatoms. The standard InChI is InChI=1S/C21H30N2O/c1-5-9-23(10-6-2)16-11-15-13-22-19-8-7-17(21(24)14(3)4)18(12-16)20(15)19/h7-8,13-14,16,22H,5-6,9-12H2,1-4H3/t16-/m0/s1. The molecule has 0 spiro atoms. The highest BCUT2D eigenvalue weighted by molar-refractivity contribution is 6.04. The lowest BCUT2D eigenvalue weighted by atomic mass is 9.83. The Kier molecular flexibility index (Phi) is 5.09. The van der Waals surface area contributed by atoms with Gasteiger partial charge in [-0.05, 0) is 62.0 Å². The Morgan fingerprint density at radius 2 is 1.92 bits per heavy atom. The van der Waals surface area contributed by atoms with E-state index in [9.17, 15) is 4.79 Å². The molecular formula is C21H30N2O. The maximum atomic E-state index is 12.7. The van der Waals surface area contributed by atoms with Crippen molar-refractivity contribution in [2.75, 3.05) is 13.1 Å². The summed E-state index contributed by atoms with van der Waals surface area (Å²) in [6, 6.07) is 4.62. The zero-order valence-corrected chi connectivity index (χ0v) is 15.5. The largest absolute Gasteiger partial charge is 0.361 e. The molecule has 24 heavy (non-hydrogen) atoms. The molecule has 1 aromatic carbocycles. The Morgan fingerprint density at radius 3 is 2.54 bits per heavy atom. The van der Waals surface area contributed by atoms with Crippen molar-refractivity contribution in [3.63, 3.8) is 0 Å². The van der Waals surface area contributed by atoms with Gasteiger partial charge in [0.1, 0.15) is 0 Å². The van der Waals surface area contributed by atoms with Crippen LogP contribution in [0.4, 0.5) is 0 Å². The van der Waals surface area contributed by atoms with Gasteiger partial charge in [0.15, 0.2) is 5.78 Å². The van der Waals surface area contributed by atoms with Gasteiger partial charge in [0.2, 0.25) is 0 Å². The van der Waals surface area contributed by atoms with E-state index in [4.69, 9.17) is 0 Å². The summed E-state index contributed by atoms with van der Waals surface area (Å²) in [7, 11) is 0. The summed E-state index contributed by atoms with van der Waals surface area (Å²) in [4.78, 5) is 18.8. The number of nitrogens with zero attached hydrogens (tertiary/aromatic N) is 1. The highest BCUT2D eigenvalue weighted by Crippen LogP contribution is 2.34. The number of hydrogen-bond donors (Lipinski definition) is 1. The van der Waals surface area contributed by atoms with E-state index in [1.807, 2.05) is 19.9 Å². The molecule has 1 heterocycles. The third kappa shape index (κ3) is 3.02. The Bertz CT molecular complexity index is 723. The van der Waals surface area contributed by atoms with Crippen molar-refractivity contribution in [2.24, 2.45) is 5.92 Å². The summed E-state index contributed by atoms with van der Waals surface area (Å²) >= 11 is 0. The van der Waals surface area contributed by atoms with Crippen LogP contribution in [0, 0.1) is 5.92 Å². The summed E-state index contributed by atoms with van der Waals surface area (Å²) in [6.45, 7) is 10.8. The second-order valence-corrected chi connectivity index (χ2v) is 7.45. The van der Waals surface area contributed by atoms with Gasteiger partial charge in [-0.1, -0.05) is 27.7 Å². The summed E-state index contributed by atoms with van der Waals surface area (Å²) in [5, 5.41) is 1.31. The van der Waals surface area contributed by atoms with Crippen molar-refractivity contribution in [1.82, 2.24) is 9.88 Å². The van der Waals surface area contributed by atoms with Crippen molar-refractivity contribution < 1.29 is 4.79 Å². The van der Waals surface area contributed by atoms with Gasteiger partial charge in [-0.3, -0.25) is 9.69 Å². The molecule has 0 radical (unpaired) electrons. The number of aromatic amines is 1. The molecule has 3 rings (SSSR count). The van der Waals surface area contributed by atoms with Crippen molar-refractivity contribution in [1.29, 1.82) is 0 Å². The second-order valence-electron chi connectivity index (χ2n) is 7.45. The van der Waals surface area contributed by atoms with Gasteiger partial charge in [0, 0.05) is 34.6 Å². The zero-order valence-electron chi connectivity index (χ0n) is 15.5. The van der Waals surface area contributed by atoms with Crippen LogP contribution in [0.25, 0.3) is 10.9 Å². The van der Waals surface area contributed by atoms with E-state index in [0.717, 1.165) is 31.5 Å². The van der Waals surface area contributed by atoms with E-state index >= 15 is 0 Å². The molecule has 1 aliphatic carbocycles. The number of benzene rings is 1. The van der Waals surface area contributed by atoms with Crippen LogP contribution < -0.4 is 0 Å². The number of rotatable bonds is 7. The molecule has 2 aromatic rings. The number of ketones is 1. The van der Waals surface area contributed by atoms with Crippen LogP contribution in [0.15, 0.2) is 18.3 Å². The van der Waals surface area contributed by atoms with Crippen LogP contribution in [-0.2, 0) is 12.8 Å². The molecule has 0 amide bonds. The van der Waals surface area contributed by atoms with E-state index < -0.39 is 0 Å².